The third-order valence-electron chi connectivity index (χ3n) is 4.27. The van der Waals surface area contributed by atoms with Gasteiger partial charge in [-0.3, -0.25) is 14.4 Å². The van der Waals surface area contributed by atoms with E-state index in [0.717, 1.165) is 13.0 Å². The number of nitrogens with one attached hydrogen (secondary N) is 4. The highest BCUT2D eigenvalue weighted by molar-refractivity contribution is 7.80. The minimum Gasteiger partial charge on any atom is -0.480 e. The Morgan fingerprint density at radius 1 is 1.07 bits per heavy atom. The predicted octanol–water partition coefficient (Wildman–Crippen LogP) is -0.727. The molecule has 4 atom stereocenters. The van der Waals surface area contributed by atoms with Crippen LogP contribution >= 0.6 is 12.6 Å². The molecule has 0 aromatic rings. The molecule has 27 heavy (non-hydrogen) atoms. The van der Waals surface area contributed by atoms with E-state index in [1.165, 1.54) is 6.92 Å². The second-order valence-electron chi connectivity index (χ2n) is 7.15. The lowest BCUT2D eigenvalue weighted by Gasteiger charge is -2.23. The van der Waals surface area contributed by atoms with Gasteiger partial charge in [-0.2, -0.15) is 12.6 Å². The lowest BCUT2D eigenvalue weighted by atomic mass is 10.0. The van der Waals surface area contributed by atoms with Crippen molar-refractivity contribution in [3.05, 3.63) is 0 Å². The van der Waals surface area contributed by atoms with Crippen molar-refractivity contribution in [1.82, 2.24) is 21.3 Å². The molecule has 1 aliphatic rings. The summed E-state index contributed by atoms with van der Waals surface area (Å²) >= 11 is 4.06. The highest BCUT2D eigenvalue weighted by Crippen LogP contribution is 2.06. The molecule has 9 nitrogen and oxygen atoms in total. The van der Waals surface area contributed by atoms with Crippen LogP contribution in [0.25, 0.3) is 0 Å². The monoisotopic (exact) mass is 402 g/mol. The number of carboxylic acids is 1. The van der Waals surface area contributed by atoms with Crippen LogP contribution in [0.15, 0.2) is 0 Å². The molecule has 4 unspecified atom stereocenters. The standard InChI is InChI=1S/C17H30N4O5S/c1-9(2)7-12(17(25)26)20-16(24)13(8-27)21-14(22)10(3)19-15(23)11-5-4-6-18-11/h9-13,18,27H,4-8H2,1-3H3,(H,19,23)(H,20,24)(H,21,22)(H,25,26). The molecule has 0 saturated carbocycles. The first kappa shape index (κ1) is 23.2. The van der Waals surface area contributed by atoms with Crippen molar-refractivity contribution in [2.24, 2.45) is 5.92 Å². The Kier molecular flexibility index (Phi) is 9.57. The van der Waals surface area contributed by atoms with Crippen molar-refractivity contribution in [2.45, 2.75) is 64.2 Å². The Balaban J connectivity index is 2.58. The van der Waals surface area contributed by atoms with Gasteiger partial charge in [0, 0.05) is 5.75 Å². The van der Waals surface area contributed by atoms with Crippen LogP contribution in [-0.4, -0.2) is 65.3 Å². The van der Waals surface area contributed by atoms with Crippen LogP contribution in [0.3, 0.4) is 0 Å². The Labute approximate surface area is 164 Å². The van der Waals surface area contributed by atoms with Gasteiger partial charge in [0.05, 0.1) is 6.04 Å². The molecular weight excluding hydrogens is 372 g/mol. The number of carbonyl (C=O) groups excluding carboxylic acids is 3. The van der Waals surface area contributed by atoms with Gasteiger partial charge in [-0.05, 0) is 38.6 Å². The first-order valence-electron chi connectivity index (χ1n) is 9.13. The largest absolute Gasteiger partial charge is 0.480 e. The number of rotatable bonds is 10. The van der Waals surface area contributed by atoms with Crippen LogP contribution in [0.5, 0.6) is 0 Å². The fourth-order valence-corrected chi connectivity index (χ4v) is 3.00. The molecule has 0 bridgehead atoms. The van der Waals surface area contributed by atoms with E-state index in [-0.39, 0.29) is 30.0 Å². The third-order valence-corrected chi connectivity index (χ3v) is 4.63. The molecule has 0 spiro atoms. The van der Waals surface area contributed by atoms with E-state index in [4.69, 9.17) is 0 Å². The maximum atomic E-state index is 12.3. The minimum atomic E-state index is -1.13. The number of hydrogen-bond donors (Lipinski definition) is 6. The molecule has 1 rings (SSSR count). The van der Waals surface area contributed by atoms with E-state index in [2.05, 4.69) is 33.9 Å². The van der Waals surface area contributed by atoms with Gasteiger partial charge in [0.1, 0.15) is 18.1 Å². The van der Waals surface area contributed by atoms with Gasteiger partial charge in [-0.15, -0.1) is 0 Å². The van der Waals surface area contributed by atoms with Gasteiger partial charge < -0.3 is 26.4 Å². The van der Waals surface area contributed by atoms with Crippen molar-refractivity contribution in [2.75, 3.05) is 12.3 Å². The van der Waals surface area contributed by atoms with Gasteiger partial charge >= 0.3 is 5.97 Å². The SMILES string of the molecule is CC(C)CC(NC(=O)C(CS)NC(=O)C(C)NC(=O)C1CCCN1)C(=O)O. The summed E-state index contributed by atoms with van der Waals surface area (Å²) in [6.07, 6.45) is 1.89. The molecule has 1 heterocycles. The summed E-state index contributed by atoms with van der Waals surface area (Å²) in [7, 11) is 0. The maximum Gasteiger partial charge on any atom is 0.326 e. The molecule has 0 aliphatic carbocycles. The molecule has 10 heteroatoms. The lowest BCUT2D eigenvalue weighted by Crippen LogP contribution is -2.57. The van der Waals surface area contributed by atoms with E-state index < -0.39 is 35.9 Å². The summed E-state index contributed by atoms with van der Waals surface area (Å²) in [5, 5.41) is 19.8. The Morgan fingerprint density at radius 3 is 2.19 bits per heavy atom. The topological polar surface area (TPSA) is 137 Å². The summed E-state index contributed by atoms with van der Waals surface area (Å²) in [4.78, 5) is 48.0. The number of carboxylic acid groups (broad SMARTS) is 1. The molecule has 1 saturated heterocycles. The third kappa shape index (κ3) is 7.76. The van der Waals surface area contributed by atoms with Gasteiger partial charge in [0.15, 0.2) is 0 Å². The summed E-state index contributed by atoms with van der Waals surface area (Å²) in [5.41, 5.74) is 0. The van der Waals surface area contributed by atoms with Crippen LogP contribution in [0.4, 0.5) is 0 Å². The number of hydrogen-bond acceptors (Lipinski definition) is 6. The first-order valence-corrected chi connectivity index (χ1v) is 9.77. The van der Waals surface area contributed by atoms with E-state index in [0.29, 0.717) is 6.42 Å². The van der Waals surface area contributed by atoms with E-state index in [1.807, 2.05) is 13.8 Å². The molecule has 3 amide bonds. The Hall–Kier alpha value is -1.81. The normalized spacial score (nSPS) is 19.8. The average Bonchev–Trinajstić information content (AvgIpc) is 3.12. The van der Waals surface area contributed by atoms with Crippen molar-refractivity contribution in [3.8, 4) is 0 Å². The van der Waals surface area contributed by atoms with Gasteiger partial charge in [0.25, 0.3) is 0 Å². The zero-order valence-corrected chi connectivity index (χ0v) is 16.8. The van der Waals surface area contributed by atoms with Gasteiger partial charge in [-0.25, -0.2) is 4.79 Å². The van der Waals surface area contributed by atoms with E-state index in [9.17, 15) is 24.3 Å². The first-order chi connectivity index (χ1) is 12.6. The van der Waals surface area contributed by atoms with E-state index in [1.54, 1.807) is 0 Å². The number of thiol groups is 1. The van der Waals surface area contributed by atoms with Crippen molar-refractivity contribution < 1.29 is 24.3 Å². The second kappa shape index (κ2) is 11.1. The predicted molar refractivity (Wildman–Crippen MR) is 103 cm³/mol. The maximum absolute atomic E-state index is 12.3. The zero-order valence-electron chi connectivity index (χ0n) is 15.9. The number of aliphatic carboxylic acids is 1. The number of amides is 3. The molecular formula is C17H30N4O5S. The Bertz CT molecular complexity index is 551. The van der Waals surface area contributed by atoms with Gasteiger partial charge in [-0.1, -0.05) is 13.8 Å². The van der Waals surface area contributed by atoms with Crippen LogP contribution in [0, 0.1) is 5.92 Å². The minimum absolute atomic E-state index is 0.00353. The van der Waals surface area contributed by atoms with Crippen molar-refractivity contribution in [1.29, 1.82) is 0 Å². The zero-order chi connectivity index (χ0) is 20.6. The van der Waals surface area contributed by atoms with E-state index >= 15 is 0 Å². The van der Waals surface area contributed by atoms with Crippen molar-refractivity contribution in [3.63, 3.8) is 0 Å². The van der Waals surface area contributed by atoms with Crippen LogP contribution < -0.4 is 21.3 Å². The quantitative estimate of drug-likeness (QED) is 0.267. The molecule has 0 aromatic heterocycles. The number of carbonyl (C=O) groups is 4. The molecule has 1 aliphatic heterocycles. The lowest BCUT2D eigenvalue weighted by molar-refractivity contribution is -0.142. The molecule has 1 fully saturated rings. The van der Waals surface area contributed by atoms with Gasteiger partial charge in [0.2, 0.25) is 17.7 Å². The summed E-state index contributed by atoms with van der Waals surface area (Å²) in [6, 6.07) is -3.18. The second-order valence-corrected chi connectivity index (χ2v) is 7.52. The smallest absolute Gasteiger partial charge is 0.326 e. The highest BCUT2D eigenvalue weighted by Gasteiger charge is 2.29. The fourth-order valence-electron chi connectivity index (χ4n) is 2.74. The summed E-state index contributed by atoms with van der Waals surface area (Å²) in [5.74, 6) is -2.48. The summed E-state index contributed by atoms with van der Waals surface area (Å²) in [6.45, 7) is 5.99. The average molecular weight is 403 g/mol. The molecule has 0 radical (unpaired) electrons. The summed E-state index contributed by atoms with van der Waals surface area (Å²) < 4.78 is 0. The van der Waals surface area contributed by atoms with Crippen molar-refractivity contribution >= 4 is 36.3 Å². The van der Waals surface area contributed by atoms with Crippen LogP contribution in [-0.2, 0) is 19.2 Å². The Morgan fingerprint density at radius 2 is 1.70 bits per heavy atom. The van der Waals surface area contributed by atoms with Crippen LogP contribution in [0.2, 0.25) is 0 Å². The molecule has 0 aromatic carbocycles. The van der Waals surface area contributed by atoms with Crippen LogP contribution in [0.1, 0.15) is 40.0 Å². The fraction of sp³-hybridized carbons (Fsp3) is 0.765. The molecule has 5 N–H and O–H groups in total. The highest BCUT2D eigenvalue weighted by atomic mass is 32.1. The molecule has 154 valence electrons.